The molecule has 1 aliphatic rings. The van der Waals surface area contributed by atoms with Gasteiger partial charge < -0.3 is 4.90 Å². The van der Waals surface area contributed by atoms with Crippen LogP contribution in [0.3, 0.4) is 0 Å². The number of hydrogen-bond acceptors (Lipinski definition) is 2. The summed E-state index contributed by atoms with van der Waals surface area (Å²) >= 11 is 6.16. The van der Waals surface area contributed by atoms with E-state index in [4.69, 9.17) is 11.6 Å². The molecule has 0 bridgehead atoms. The van der Waals surface area contributed by atoms with Crippen molar-refractivity contribution in [2.75, 3.05) is 13.1 Å². The van der Waals surface area contributed by atoms with Gasteiger partial charge in [-0.15, -0.1) is 0 Å². The lowest BCUT2D eigenvalue weighted by atomic mass is 10.2. The van der Waals surface area contributed by atoms with Crippen molar-refractivity contribution in [2.45, 2.75) is 33.1 Å². The Bertz CT molecular complexity index is 517. The highest BCUT2D eigenvalue weighted by Gasteiger charge is 2.25. The number of amides is 1. The summed E-state index contributed by atoms with van der Waals surface area (Å²) in [5.74, 6) is 0.778. The molecule has 1 aromatic heterocycles. The van der Waals surface area contributed by atoms with E-state index in [1.807, 2.05) is 11.8 Å². The minimum absolute atomic E-state index is 0.0677. The third-order valence-electron chi connectivity index (χ3n) is 3.57. The summed E-state index contributed by atoms with van der Waals surface area (Å²) in [6.07, 6.45) is 6.89. The molecule has 1 saturated carbocycles. The van der Waals surface area contributed by atoms with E-state index in [-0.39, 0.29) is 5.91 Å². The van der Waals surface area contributed by atoms with E-state index in [9.17, 15) is 4.79 Å². The zero-order valence-corrected chi connectivity index (χ0v) is 13.2. The number of aryl methyl sites for hydroxylation is 2. The number of carbonyl (C=O) groups excluding carboxylic acids is 1. The Morgan fingerprint density at radius 3 is 2.75 bits per heavy atom. The van der Waals surface area contributed by atoms with Crippen LogP contribution in [0.15, 0.2) is 6.08 Å². The molecule has 0 aromatic carbocycles. The molecule has 5 heteroatoms. The number of halogens is 1. The first-order chi connectivity index (χ1) is 9.52. The summed E-state index contributed by atoms with van der Waals surface area (Å²) in [5.41, 5.74) is 1.66. The van der Waals surface area contributed by atoms with Crippen molar-refractivity contribution >= 4 is 23.6 Å². The maximum atomic E-state index is 12.3. The topological polar surface area (TPSA) is 38.1 Å². The first-order valence-corrected chi connectivity index (χ1v) is 7.56. The highest BCUT2D eigenvalue weighted by Crippen LogP contribution is 2.30. The Hall–Kier alpha value is -1.29. The van der Waals surface area contributed by atoms with Crippen LogP contribution >= 0.6 is 11.6 Å². The molecule has 0 N–H and O–H groups in total. The van der Waals surface area contributed by atoms with Gasteiger partial charge >= 0.3 is 0 Å². The van der Waals surface area contributed by atoms with Gasteiger partial charge in [0.05, 0.1) is 5.69 Å². The standard InChI is InChI=1S/C15H22ClN3O/c1-4-9-19(10-12-5-6-12)14(20)8-7-13-11(2)17-18(3)15(13)16/h7-8,12H,4-6,9-10H2,1-3H3/b8-7+. The van der Waals surface area contributed by atoms with E-state index in [0.29, 0.717) is 11.1 Å². The van der Waals surface area contributed by atoms with Crippen LogP contribution in [0.1, 0.15) is 37.4 Å². The second-order valence-corrected chi connectivity index (χ2v) is 5.83. The van der Waals surface area contributed by atoms with Gasteiger partial charge in [0.25, 0.3) is 0 Å². The highest BCUT2D eigenvalue weighted by molar-refractivity contribution is 6.31. The smallest absolute Gasteiger partial charge is 0.246 e. The van der Waals surface area contributed by atoms with E-state index >= 15 is 0 Å². The van der Waals surface area contributed by atoms with Gasteiger partial charge in [-0.25, -0.2) is 0 Å². The van der Waals surface area contributed by atoms with Crippen LogP contribution in [0.4, 0.5) is 0 Å². The lowest BCUT2D eigenvalue weighted by Crippen LogP contribution is -2.32. The number of carbonyl (C=O) groups is 1. The molecule has 0 aliphatic heterocycles. The van der Waals surface area contributed by atoms with Crippen molar-refractivity contribution < 1.29 is 4.79 Å². The molecule has 1 heterocycles. The van der Waals surface area contributed by atoms with Gasteiger partial charge in [-0.1, -0.05) is 18.5 Å². The Kier molecular flexibility index (Phi) is 4.86. The van der Waals surface area contributed by atoms with Gasteiger partial charge in [-0.05, 0) is 38.2 Å². The minimum atomic E-state index is 0.0677. The fourth-order valence-electron chi connectivity index (χ4n) is 2.27. The Morgan fingerprint density at radius 1 is 1.55 bits per heavy atom. The van der Waals surface area contributed by atoms with Gasteiger partial charge in [-0.3, -0.25) is 9.48 Å². The molecule has 20 heavy (non-hydrogen) atoms. The van der Waals surface area contributed by atoms with E-state index in [0.717, 1.165) is 30.8 Å². The molecule has 1 fully saturated rings. The van der Waals surface area contributed by atoms with Crippen LogP contribution in [-0.4, -0.2) is 33.7 Å². The van der Waals surface area contributed by atoms with Gasteiger partial charge in [0.2, 0.25) is 5.91 Å². The number of aromatic nitrogens is 2. The second-order valence-electron chi connectivity index (χ2n) is 5.47. The lowest BCUT2D eigenvalue weighted by molar-refractivity contribution is -0.126. The van der Waals surface area contributed by atoms with Crippen molar-refractivity contribution in [3.05, 3.63) is 22.5 Å². The number of rotatable bonds is 6. The van der Waals surface area contributed by atoms with Gasteiger partial charge in [0, 0.05) is 31.8 Å². The summed E-state index contributed by atoms with van der Waals surface area (Å²) in [6, 6.07) is 0. The maximum absolute atomic E-state index is 12.3. The minimum Gasteiger partial charge on any atom is -0.339 e. The van der Waals surface area contributed by atoms with Crippen molar-refractivity contribution in [3.8, 4) is 0 Å². The molecular formula is C15H22ClN3O. The molecule has 0 atom stereocenters. The van der Waals surface area contributed by atoms with Crippen LogP contribution in [0.5, 0.6) is 0 Å². The zero-order chi connectivity index (χ0) is 14.7. The highest BCUT2D eigenvalue weighted by atomic mass is 35.5. The van der Waals surface area contributed by atoms with E-state index < -0.39 is 0 Å². The summed E-state index contributed by atoms with van der Waals surface area (Å²) < 4.78 is 1.62. The van der Waals surface area contributed by atoms with Crippen molar-refractivity contribution in [1.82, 2.24) is 14.7 Å². The molecule has 1 amide bonds. The molecule has 0 saturated heterocycles. The summed E-state index contributed by atoms with van der Waals surface area (Å²) in [5, 5.41) is 4.80. The predicted octanol–water partition coefficient (Wildman–Crippen LogP) is 3.04. The third-order valence-corrected chi connectivity index (χ3v) is 4.02. The van der Waals surface area contributed by atoms with Crippen LogP contribution in [0.2, 0.25) is 5.15 Å². The normalized spacial score (nSPS) is 15.0. The lowest BCUT2D eigenvalue weighted by Gasteiger charge is -2.20. The molecule has 1 aliphatic carbocycles. The van der Waals surface area contributed by atoms with E-state index in [2.05, 4.69) is 12.0 Å². The Labute approximate surface area is 125 Å². The summed E-state index contributed by atoms with van der Waals surface area (Å²) in [6.45, 7) is 5.69. The van der Waals surface area contributed by atoms with E-state index in [1.54, 1.807) is 23.9 Å². The Balaban J connectivity index is 2.05. The largest absolute Gasteiger partial charge is 0.339 e. The molecule has 0 spiro atoms. The van der Waals surface area contributed by atoms with E-state index in [1.165, 1.54) is 12.8 Å². The fraction of sp³-hybridized carbons (Fsp3) is 0.600. The van der Waals surface area contributed by atoms with Gasteiger partial charge in [0.1, 0.15) is 5.15 Å². The molecule has 2 rings (SSSR count). The quantitative estimate of drug-likeness (QED) is 0.757. The SMILES string of the molecule is CCCN(CC1CC1)C(=O)/C=C/c1c(C)nn(C)c1Cl. The zero-order valence-electron chi connectivity index (χ0n) is 12.4. The van der Waals surface area contributed by atoms with Gasteiger partial charge in [0.15, 0.2) is 0 Å². The average molecular weight is 296 g/mol. The third kappa shape index (κ3) is 3.63. The molecule has 1 aromatic rings. The first kappa shape index (κ1) is 15.1. The van der Waals surface area contributed by atoms with Crippen molar-refractivity contribution in [1.29, 1.82) is 0 Å². The second kappa shape index (κ2) is 6.44. The first-order valence-electron chi connectivity index (χ1n) is 7.19. The maximum Gasteiger partial charge on any atom is 0.246 e. The predicted molar refractivity (Wildman–Crippen MR) is 81.6 cm³/mol. The van der Waals surface area contributed by atoms with Crippen LogP contribution in [0, 0.1) is 12.8 Å². The Morgan fingerprint density at radius 2 is 2.25 bits per heavy atom. The fourth-order valence-corrected chi connectivity index (χ4v) is 2.51. The van der Waals surface area contributed by atoms with Crippen molar-refractivity contribution in [2.24, 2.45) is 13.0 Å². The van der Waals surface area contributed by atoms with Crippen LogP contribution < -0.4 is 0 Å². The molecule has 0 unspecified atom stereocenters. The average Bonchev–Trinajstić information content (AvgIpc) is 3.17. The van der Waals surface area contributed by atoms with Crippen LogP contribution in [0.25, 0.3) is 6.08 Å². The summed E-state index contributed by atoms with van der Waals surface area (Å²) in [7, 11) is 1.80. The number of nitrogens with zero attached hydrogens (tertiary/aromatic N) is 3. The number of hydrogen-bond donors (Lipinski definition) is 0. The van der Waals surface area contributed by atoms with Crippen molar-refractivity contribution in [3.63, 3.8) is 0 Å². The van der Waals surface area contributed by atoms with Gasteiger partial charge in [-0.2, -0.15) is 5.10 Å². The monoisotopic (exact) mass is 295 g/mol. The van der Waals surface area contributed by atoms with Crippen LogP contribution in [-0.2, 0) is 11.8 Å². The molecular weight excluding hydrogens is 274 g/mol. The summed E-state index contributed by atoms with van der Waals surface area (Å²) in [4.78, 5) is 14.2. The molecule has 4 nitrogen and oxygen atoms in total. The molecule has 0 radical (unpaired) electrons. The molecule has 110 valence electrons.